The molecular formula is C24H20N4O3S. The molecule has 1 aliphatic rings. The summed E-state index contributed by atoms with van der Waals surface area (Å²) in [5.74, 6) is -0.165. The Bertz CT molecular complexity index is 1250. The summed E-state index contributed by atoms with van der Waals surface area (Å²) in [6, 6.07) is 20.1. The van der Waals surface area contributed by atoms with Crippen LogP contribution in [-0.2, 0) is 6.54 Å². The highest BCUT2D eigenvalue weighted by Gasteiger charge is 2.41. The van der Waals surface area contributed by atoms with Crippen molar-refractivity contribution in [3.8, 4) is 5.69 Å². The van der Waals surface area contributed by atoms with Gasteiger partial charge in [0.1, 0.15) is 5.76 Å². The molecule has 0 aliphatic carbocycles. The van der Waals surface area contributed by atoms with E-state index < -0.39 is 5.97 Å². The molecule has 8 heteroatoms. The smallest absolute Gasteiger partial charge is 0.335 e. The molecule has 1 saturated heterocycles. The van der Waals surface area contributed by atoms with Gasteiger partial charge in [0.25, 0.3) is 0 Å². The number of aromatic carboxylic acids is 1. The molecule has 2 atom stereocenters. The number of nitrogens with zero attached hydrogens (tertiary/aromatic N) is 3. The van der Waals surface area contributed by atoms with Crippen molar-refractivity contribution in [1.29, 1.82) is 0 Å². The second-order valence-corrected chi connectivity index (χ2v) is 7.88. The predicted octanol–water partition coefficient (Wildman–Crippen LogP) is 4.34. The average molecular weight is 445 g/mol. The first-order valence-corrected chi connectivity index (χ1v) is 10.5. The van der Waals surface area contributed by atoms with E-state index in [0.29, 0.717) is 11.7 Å². The number of thiocarbonyl (C=S) groups is 1. The molecular weight excluding hydrogens is 424 g/mol. The minimum absolute atomic E-state index is 0.185. The Morgan fingerprint density at radius 1 is 1.12 bits per heavy atom. The van der Waals surface area contributed by atoms with Crippen LogP contribution in [0.15, 0.2) is 89.8 Å². The summed E-state index contributed by atoms with van der Waals surface area (Å²) < 4.78 is 7.59. The Hall–Kier alpha value is -3.91. The van der Waals surface area contributed by atoms with E-state index >= 15 is 0 Å². The van der Waals surface area contributed by atoms with Crippen molar-refractivity contribution in [2.45, 2.75) is 18.6 Å². The van der Waals surface area contributed by atoms with Crippen LogP contribution in [0.2, 0.25) is 0 Å². The van der Waals surface area contributed by atoms with Gasteiger partial charge in [0, 0.05) is 23.8 Å². The number of hydrogen-bond acceptors (Lipinski definition) is 4. The Morgan fingerprint density at radius 3 is 2.78 bits per heavy atom. The first-order valence-electron chi connectivity index (χ1n) is 10.1. The summed E-state index contributed by atoms with van der Waals surface area (Å²) in [5.41, 5.74) is 2.83. The van der Waals surface area contributed by atoms with Crippen molar-refractivity contribution >= 4 is 23.3 Å². The summed E-state index contributed by atoms with van der Waals surface area (Å²) in [6.07, 6.45) is 5.34. The van der Waals surface area contributed by atoms with Gasteiger partial charge in [-0.1, -0.05) is 12.1 Å². The van der Waals surface area contributed by atoms with Crippen molar-refractivity contribution in [3.05, 3.63) is 108 Å². The maximum atomic E-state index is 11.5. The highest BCUT2D eigenvalue weighted by molar-refractivity contribution is 7.80. The Labute approximate surface area is 189 Å². The minimum atomic E-state index is -0.963. The number of aromatic nitrogens is 2. The van der Waals surface area contributed by atoms with Crippen LogP contribution >= 0.6 is 12.2 Å². The maximum absolute atomic E-state index is 11.5. The number of carboxylic acids is 1. The fourth-order valence-electron chi connectivity index (χ4n) is 4.13. The van der Waals surface area contributed by atoms with Crippen molar-refractivity contribution < 1.29 is 14.3 Å². The average Bonchev–Trinajstić information content (AvgIpc) is 3.56. The van der Waals surface area contributed by atoms with E-state index in [1.165, 1.54) is 0 Å². The van der Waals surface area contributed by atoms with Gasteiger partial charge in [0.2, 0.25) is 0 Å². The van der Waals surface area contributed by atoms with Gasteiger partial charge in [0.15, 0.2) is 5.11 Å². The van der Waals surface area contributed by atoms with Crippen molar-refractivity contribution in [1.82, 2.24) is 19.8 Å². The maximum Gasteiger partial charge on any atom is 0.335 e. The molecule has 4 heterocycles. The van der Waals surface area contributed by atoms with E-state index in [1.54, 1.807) is 30.7 Å². The lowest BCUT2D eigenvalue weighted by molar-refractivity contribution is 0.0697. The number of pyridine rings is 1. The third kappa shape index (κ3) is 3.65. The zero-order valence-corrected chi connectivity index (χ0v) is 17.8. The molecule has 0 saturated carbocycles. The number of nitrogens with one attached hydrogen (secondary N) is 1. The summed E-state index contributed by atoms with van der Waals surface area (Å²) >= 11 is 5.72. The number of carboxylic acid groups (broad SMARTS) is 1. The van der Waals surface area contributed by atoms with E-state index in [-0.39, 0.29) is 17.6 Å². The van der Waals surface area contributed by atoms with Gasteiger partial charge >= 0.3 is 5.97 Å². The molecule has 0 bridgehead atoms. The number of carbonyl (C=O) groups is 1. The summed E-state index contributed by atoms with van der Waals surface area (Å²) in [4.78, 5) is 18.2. The molecule has 1 fully saturated rings. The normalized spacial score (nSPS) is 18.0. The fraction of sp³-hybridized carbons (Fsp3) is 0.125. The molecule has 7 nitrogen and oxygen atoms in total. The highest BCUT2D eigenvalue weighted by Crippen LogP contribution is 2.40. The molecule has 2 N–H and O–H groups in total. The first kappa shape index (κ1) is 20.0. The SMILES string of the molecule is O=C(O)c1cccc(-n2cccc2[C@H]2[C@@H](c3ccccn3)NC(=S)N2Cc2ccco2)c1. The molecule has 160 valence electrons. The number of rotatable bonds is 6. The van der Waals surface area contributed by atoms with Crippen LogP contribution < -0.4 is 5.32 Å². The van der Waals surface area contributed by atoms with Crippen LogP contribution in [0.3, 0.4) is 0 Å². The predicted molar refractivity (Wildman–Crippen MR) is 122 cm³/mol. The lowest BCUT2D eigenvalue weighted by Gasteiger charge is -2.28. The first-order chi connectivity index (χ1) is 15.6. The van der Waals surface area contributed by atoms with E-state index in [9.17, 15) is 9.90 Å². The van der Waals surface area contributed by atoms with Gasteiger partial charge < -0.3 is 24.3 Å². The Kier molecular flexibility index (Phi) is 5.20. The van der Waals surface area contributed by atoms with Crippen LogP contribution in [0.5, 0.6) is 0 Å². The fourth-order valence-corrected chi connectivity index (χ4v) is 4.43. The molecule has 32 heavy (non-hydrogen) atoms. The summed E-state index contributed by atoms with van der Waals surface area (Å²) in [5, 5.41) is 13.5. The number of benzene rings is 1. The molecule has 0 amide bonds. The Balaban J connectivity index is 1.61. The minimum Gasteiger partial charge on any atom is -0.478 e. The lowest BCUT2D eigenvalue weighted by atomic mass is 10.0. The Morgan fingerprint density at radius 2 is 2.03 bits per heavy atom. The summed E-state index contributed by atoms with van der Waals surface area (Å²) in [7, 11) is 0. The summed E-state index contributed by atoms with van der Waals surface area (Å²) in [6.45, 7) is 0.493. The van der Waals surface area contributed by atoms with E-state index in [0.717, 1.165) is 22.8 Å². The molecule has 1 aliphatic heterocycles. The van der Waals surface area contributed by atoms with Crippen molar-refractivity contribution in [2.75, 3.05) is 0 Å². The molecule has 4 aromatic rings. The second-order valence-electron chi connectivity index (χ2n) is 7.49. The number of hydrogen-bond donors (Lipinski definition) is 2. The van der Waals surface area contributed by atoms with Crippen LogP contribution in [0.4, 0.5) is 0 Å². The molecule has 0 spiro atoms. The van der Waals surface area contributed by atoms with Gasteiger partial charge in [-0.2, -0.15) is 0 Å². The van der Waals surface area contributed by atoms with Crippen molar-refractivity contribution in [3.63, 3.8) is 0 Å². The largest absolute Gasteiger partial charge is 0.478 e. The monoisotopic (exact) mass is 444 g/mol. The van der Waals surface area contributed by atoms with Crippen LogP contribution in [0.25, 0.3) is 5.69 Å². The van der Waals surface area contributed by atoms with E-state index in [2.05, 4.69) is 15.2 Å². The number of furan rings is 1. The van der Waals surface area contributed by atoms with Gasteiger partial charge in [-0.05, 0) is 66.8 Å². The van der Waals surface area contributed by atoms with Gasteiger partial charge in [0.05, 0.1) is 36.1 Å². The van der Waals surface area contributed by atoms with Gasteiger partial charge in [-0.15, -0.1) is 0 Å². The van der Waals surface area contributed by atoms with Crippen LogP contribution in [-0.4, -0.2) is 30.6 Å². The van der Waals surface area contributed by atoms with E-state index in [1.807, 2.05) is 59.3 Å². The van der Waals surface area contributed by atoms with Crippen molar-refractivity contribution in [2.24, 2.45) is 0 Å². The molecule has 1 aromatic carbocycles. The molecule has 0 unspecified atom stereocenters. The van der Waals surface area contributed by atoms with Gasteiger partial charge in [-0.25, -0.2) is 4.79 Å². The third-order valence-corrected chi connectivity index (χ3v) is 5.91. The van der Waals surface area contributed by atoms with Crippen LogP contribution in [0.1, 0.15) is 39.6 Å². The molecule has 5 rings (SSSR count). The second kappa shape index (κ2) is 8.32. The van der Waals surface area contributed by atoms with Gasteiger partial charge in [-0.3, -0.25) is 4.98 Å². The zero-order chi connectivity index (χ0) is 22.1. The topological polar surface area (TPSA) is 83.5 Å². The quantitative estimate of drug-likeness (QED) is 0.428. The lowest BCUT2D eigenvalue weighted by Crippen LogP contribution is -2.29. The van der Waals surface area contributed by atoms with Crippen LogP contribution in [0, 0.1) is 0 Å². The zero-order valence-electron chi connectivity index (χ0n) is 17.0. The third-order valence-electron chi connectivity index (χ3n) is 5.56. The van der Waals surface area contributed by atoms with E-state index in [4.69, 9.17) is 16.6 Å². The molecule has 3 aromatic heterocycles. The molecule has 0 radical (unpaired) electrons. The standard InChI is InChI=1S/C24H20N4O3S/c29-23(30)16-6-3-7-17(14-16)27-12-4-10-20(27)22-21(19-9-1-2-11-25-19)26-24(32)28(22)15-18-8-5-13-31-18/h1-14,21-22H,15H2,(H,26,32)(H,29,30)/t21-,22+/m1/s1. The highest BCUT2D eigenvalue weighted by atomic mass is 32.1.